The first-order chi connectivity index (χ1) is 10.8. The van der Waals surface area contributed by atoms with Crippen molar-refractivity contribution in [2.45, 2.75) is 6.73 Å². The van der Waals surface area contributed by atoms with Gasteiger partial charge in [0.25, 0.3) is 0 Å². The first-order valence-corrected chi connectivity index (χ1v) is 6.66. The molecular weight excluding hydrogens is 284 g/mol. The quantitative estimate of drug-likeness (QED) is 0.221. The van der Waals surface area contributed by atoms with Crippen molar-refractivity contribution in [2.75, 3.05) is 27.6 Å². The third kappa shape index (κ3) is 3.46. The Morgan fingerprint density at radius 2 is 2.09 bits per heavy atom. The number of para-hydroxylation sites is 1. The molecule has 0 amide bonds. The van der Waals surface area contributed by atoms with Crippen LogP contribution in [0.1, 0.15) is 11.3 Å². The van der Waals surface area contributed by atoms with Crippen molar-refractivity contribution >= 4 is 17.1 Å². The van der Waals surface area contributed by atoms with Crippen molar-refractivity contribution < 1.29 is 19.4 Å². The molecule has 0 bridgehead atoms. The highest BCUT2D eigenvalue weighted by atomic mass is 16.7. The molecule has 0 aliphatic rings. The molecule has 22 heavy (non-hydrogen) atoms. The molecule has 0 saturated carbocycles. The fourth-order valence-corrected chi connectivity index (χ4v) is 2.21. The summed E-state index contributed by atoms with van der Waals surface area (Å²) in [6.45, 7) is 0.794. The molecule has 2 rings (SSSR count). The Morgan fingerprint density at radius 1 is 1.27 bits per heavy atom. The summed E-state index contributed by atoms with van der Waals surface area (Å²) < 4.78 is 17.1. The third-order valence-corrected chi connectivity index (χ3v) is 3.04. The van der Waals surface area contributed by atoms with E-state index in [-0.39, 0.29) is 13.4 Å². The minimum atomic E-state index is 0.199. The Labute approximate surface area is 128 Å². The lowest BCUT2D eigenvalue weighted by atomic mass is 10.1. The number of oxime groups is 1. The number of benzene rings is 1. The summed E-state index contributed by atoms with van der Waals surface area (Å²) in [6.07, 6.45) is 1.36. The van der Waals surface area contributed by atoms with Gasteiger partial charge in [-0.2, -0.15) is 0 Å². The molecule has 0 saturated heterocycles. The Kier molecular flexibility index (Phi) is 5.98. The molecule has 0 spiro atoms. The van der Waals surface area contributed by atoms with Gasteiger partial charge in [0.2, 0.25) is 0 Å². The third-order valence-electron chi connectivity index (χ3n) is 3.04. The topological polar surface area (TPSA) is 65.2 Å². The second kappa shape index (κ2) is 8.20. The Balaban J connectivity index is 2.48. The van der Waals surface area contributed by atoms with Crippen molar-refractivity contribution in [3.05, 3.63) is 35.5 Å². The average molecular weight is 302 g/mol. The van der Waals surface area contributed by atoms with Gasteiger partial charge in [-0.3, -0.25) is 0 Å². The van der Waals surface area contributed by atoms with Crippen molar-refractivity contribution in [3.8, 4) is 11.8 Å². The maximum Gasteiger partial charge on any atom is 0.147 e. The zero-order chi connectivity index (χ0) is 15.8. The van der Waals surface area contributed by atoms with Crippen LogP contribution < -0.4 is 0 Å². The van der Waals surface area contributed by atoms with Crippen LogP contribution in [0.5, 0.6) is 0 Å². The molecule has 1 N–H and O–H groups in total. The summed E-state index contributed by atoms with van der Waals surface area (Å²) in [7, 11) is 3.17. The highest BCUT2D eigenvalue weighted by Gasteiger charge is 2.14. The first kappa shape index (κ1) is 16.0. The largest absolute Gasteiger partial charge is 0.411 e. The number of nitrogens with zero attached hydrogens (tertiary/aromatic N) is 2. The fourth-order valence-electron chi connectivity index (χ4n) is 2.21. The summed E-state index contributed by atoms with van der Waals surface area (Å²) >= 11 is 0. The average Bonchev–Trinajstić information content (AvgIpc) is 2.82. The van der Waals surface area contributed by atoms with Crippen LogP contribution in [-0.2, 0) is 20.9 Å². The number of fused-ring (bicyclic) bond motifs is 1. The summed E-state index contributed by atoms with van der Waals surface area (Å²) in [5, 5.41) is 13.0. The number of hydrogen-bond acceptors (Lipinski definition) is 5. The number of rotatable bonds is 6. The van der Waals surface area contributed by atoms with Crippen molar-refractivity contribution in [1.29, 1.82) is 0 Å². The number of methoxy groups -OCH3 is 2. The first-order valence-electron chi connectivity index (χ1n) is 6.66. The second-order valence-electron chi connectivity index (χ2n) is 4.42. The molecule has 1 aromatic carbocycles. The predicted molar refractivity (Wildman–Crippen MR) is 83.0 cm³/mol. The summed E-state index contributed by atoms with van der Waals surface area (Å²) in [5.41, 5.74) is 2.41. The summed E-state index contributed by atoms with van der Waals surface area (Å²) in [5.74, 6) is 6.00. The molecule has 6 nitrogen and oxygen atoms in total. The van der Waals surface area contributed by atoms with Crippen LogP contribution in [0, 0.1) is 11.8 Å². The van der Waals surface area contributed by atoms with E-state index in [4.69, 9.17) is 19.4 Å². The molecule has 0 radical (unpaired) electrons. The van der Waals surface area contributed by atoms with Crippen LogP contribution in [0.25, 0.3) is 10.9 Å². The molecule has 1 aromatic heterocycles. The lowest BCUT2D eigenvalue weighted by Crippen LogP contribution is -2.05. The lowest BCUT2D eigenvalue weighted by molar-refractivity contribution is -0.0166. The lowest BCUT2D eigenvalue weighted by Gasteiger charge is -2.05. The summed E-state index contributed by atoms with van der Waals surface area (Å²) in [6, 6.07) is 7.81. The fraction of sp³-hybridized carbons (Fsp3) is 0.312. The van der Waals surface area contributed by atoms with Gasteiger partial charge in [-0.05, 0) is 6.07 Å². The summed E-state index contributed by atoms with van der Waals surface area (Å²) in [4.78, 5) is 0. The normalized spacial score (nSPS) is 11.0. The molecular formula is C16H18N2O4. The van der Waals surface area contributed by atoms with Gasteiger partial charge in [0.15, 0.2) is 0 Å². The van der Waals surface area contributed by atoms with Crippen LogP contribution in [-0.4, -0.2) is 43.6 Å². The number of aromatic nitrogens is 1. The van der Waals surface area contributed by atoms with Crippen LogP contribution >= 0.6 is 0 Å². The molecule has 0 unspecified atom stereocenters. The SMILES string of the molecule is COCOCC#Cc1c(/C=N\O)n(COC)c2ccccc12. The highest BCUT2D eigenvalue weighted by molar-refractivity contribution is 5.97. The van der Waals surface area contributed by atoms with Gasteiger partial charge < -0.3 is 24.0 Å². The molecule has 116 valence electrons. The van der Waals surface area contributed by atoms with E-state index in [1.165, 1.54) is 6.21 Å². The van der Waals surface area contributed by atoms with Gasteiger partial charge >= 0.3 is 0 Å². The zero-order valence-electron chi connectivity index (χ0n) is 12.6. The molecule has 0 aliphatic heterocycles. The molecule has 6 heteroatoms. The Morgan fingerprint density at radius 3 is 2.82 bits per heavy atom. The van der Waals surface area contributed by atoms with E-state index in [9.17, 15) is 0 Å². The van der Waals surface area contributed by atoms with E-state index in [1.54, 1.807) is 14.2 Å². The maximum absolute atomic E-state index is 8.93. The second-order valence-corrected chi connectivity index (χ2v) is 4.42. The minimum absolute atomic E-state index is 0.199. The molecule has 0 fully saturated rings. The standard InChI is InChI=1S/C16H18N2O4/c1-20-11-18-15-8-4-3-6-13(15)14(16(18)10-17-19)7-5-9-22-12-21-2/h3-4,6,8,10,19H,9,11-12H2,1-2H3/b17-10-. The van der Waals surface area contributed by atoms with Crippen molar-refractivity contribution in [3.63, 3.8) is 0 Å². The number of ether oxygens (including phenoxy) is 3. The van der Waals surface area contributed by atoms with Gasteiger partial charge in [0.05, 0.1) is 23.0 Å². The zero-order valence-corrected chi connectivity index (χ0v) is 12.6. The van der Waals surface area contributed by atoms with Gasteiger partial charge in [0, 0.05) is 19.6 Å². The van der Waals surface area contributed by atoms with Crippen LogP contribution in [0.2, 0.25) is 0 Å². The van der Waals surface area contributed by atoms with E-state index < -0.39 is 0 Å². The maximum atomic E-state index is 8.93. The minimum Gasteiger partial charge on any atom is -0.411 e. The van der Waals surface area contributed by atoms with Crippen molar-refractivity contribution in [2.24, 2.45) is 5.16 Å². The Bertz CT molecular complexity index is 710. The van der Waals surface area contributed by atoms with Crippen LogP contribution in [0.3, 0.4) is 0 Å². The van der Waals surface area contributed by atoms with Crippen molar-refractivity contribution in [1.82, 2.24) is 4.57 Å². The highest BCUT2D eigenvalue weighted by Crippen LogP contribution is 2.24. The van der Waals surface area contributed by atoms with E-state index >= 15 is 0 Å². The van der Waals surface area contributed by atoms with Gasteiger partial charge in [-0.15, -0.1) is 0 Å². The number of hydrogen-bond donors (Lipinski definition) is 1. The van der Waals surface area contributed by atoms with E-state index in [1.807, 2.05) is 28.8 Å². The molecule has 0 atom stereocenters. The smallest absolute Gasteiger partial charge is 0.147 e. The van der Waals surface area contributed by atoms with Crippen LogP contribution in [0.15, 0.2) is 29.4 Å². The van der Waals surface area contributed by atoms with Gasteiger partial charge in [-0.25, -0.2) is 0 Å². The van der Waals surface area contributed by atoms with E-state index in [0.717, 1.165) is 16.5 Å². The Hall–Kier alpha value is -2.33. The molecule has 2 aromatic rings. The van der Waals surface area contributed by atoms with Crippen LogP contribution in [0.4, 0.5) is 0 Å². The van der Waals surface area contributed by atoms with E-state index in [2.05, 4.69) is 17.0 Å². The monoisotopic (exact) mass is 302 g/mol. The van der Waals surface area contributed by atoms with Gasteiger partial charge in [0.1, 0.15) is 20.1 Å². The van der Waals surface area contributed by atoms with Gasteiger partial charge in [-0.1, -0.05) is 35.2 Å². The molecule has 0 aliphatic carbocycles. The van der Waals surface area contributed by atoms with E-state index in [0.29, 0.717) is 12.4 Å². The predicted octanol–water partition coefficient (Wildman–Crippen LogP) is 2.03. The molecule has 1 heterocycles.